The minimum atomic E-state index is -0.214. The number of rotatable bonds is 2. The second-order valence-corrected chi connectivity index (χ2v) is 4.67. The zero-order valence-corrected chi connectivity index (χ0v) is 10.1. The molecule has 16 heavy (non-hydrogen) atoms. The standard InChI is InChI=1S/C11H16ClN3O/c1-8-5-10(12)14-11(13-8)7-15-4-2-3-9(16)6-15/h5,9,16H,2-4,6-7H2,1H3/t9-/m0/s1. The fourth-order valence-electron chi connectivity index (χ4n) is 2.03. The van der Waals surface area contributed by atoms with Crippen LogP contribution in [-0.4, -0.2) is 39.2 Å². The molecule has 5 heteroatoms. The lowest BCUT2D eigenvalue weighted by Crippen LogP contribution is -2.38. The highest BCUT2D eigenvalue weighted by Gasteiger charge is 2.18. The molecule has 88 valence electrons. The van der Waals surface area contributed by atoms with Crippen LogP contribution >= 0.6 is 11.6 Å². The Kier molecular flexibility index (Phi) is 3.74. The van der Waals surface area contributed by atoms with Crippen LogP contribution in [0.5, 0.6) is 0 Å². The summed E-state index contributed by atoms with van der Waals surface area (Å²) in [5.41, 5.74) is 0.882. The van der Waals surface area contributed by atoms with Crippen LogP contribution in [0.15, 0.2) is 6.07 Å². The highest BCUT2D eigenvalue weighted by atomic mass is 35.5. The van der Waals surface area contributed by atoms with E-state index in [1.54, 1.807) is 6.07 Å². The third-order valence-electron chi connectivity index (χ3n) is 2.71. The molecule has 1 aromatic rings. The van der Waals surface area contributed by atoms with Gasteiger partial charge >= 0.3 is 0 Å². The first kappa shape index (κ1) is 11.8. The van der Waals surface area contributed by atoms with Gasteiger partial charge in [-0.3, -0.25) is 4.90 Å². The van der Waals surface area contributed by atoms with E-state index >= 15 is 0 Å². The zero-order chi connectivity index (χ0) is 11.5. The molecule has 1 atom stereocenters. The molecule has 2 heterocycles. The largest absolute Gasteiger partial charge is 0.392 e. The molecule has 1 aliphatic heterocycles. The summed E-state index contributed by atoms with van der Waals surface area (Å²) in [6.45, 7) is 4.27. The molecule has 1 fully saturated rings. The first-order valence-corrected chi connectivity index (χ1v) is 5.92. The Labute approximate surface area is 100 Å². The van der Waals surface area contributed by atoms with E-state index in [1.807, 2.05) is 6.92 Å². The summed E-state index contributed by atoms with van der Waals surface area (Å²) in [6.07, 6.45) is 1.71. The number of hydrogen-bond donors (Lipinski definition) is 1. The Bertz CT molecular complexity index is 352. The number of hydrogen-bond acceptors (Lipinski definition) is 4. The van der Waals surface area contributed by atoms with Gasteiger partial charge in [-0.1, -0.05) is 11.6 Å². The van der Waals surface area contributed by atoms with Gasteiger partial charge in [0.25, 0.3) is 0 Å². The highest BCUT2D eigenvalue weighted by Crippen LogP contribution is 2.13. The van der Waals surface area contributed by atoms with Gasteiger partial charge in [-0.15, -0.1) is 0 Å². The van der Waals surface area contributed by atoms with Gasteiger partial charge in [-0.2, -0.15) is 0 Å². The first-order chi connectivity index (χ1) is 7.63. The van der Waals surface area contributed by atoms with Crippen molar-refractivity contribution in [1.29, 1.82) is 0 Å². The summed E-state index contributed by atoms with van der Waals surface area (Å²) >= 11 is 5.88. The summed E-state index contributed by atoms with van der Waals surface area (Å²) < 4.78 is 0. The predicted molar refractivity (Wildman–Crippen MR) is 62.3 cm³/mol. The molecule has 2 rings (SSSR count). The Hall–Kier alpha value is -0.710. The van der Waals surface area contributed by atoms with Crippen molar-refractivity contribution in [2.75, 3.05) is 13.1 Å². The summed E-state index contributed by atoms with van der Waals surface area (Å²) in [4.78, 5) is 10.7. The lowest BCUT2D eigenvalue weighted by molar-refractivity contribution is 0.0655. The lowest BCUT2D eigenvalue weighted by Gasteiger charge is -2.29. The Balaban J connectivity index is 2.02. The molecular formula is C11H16ClN3O. The Morgan fingerprint density at radius 3 is 3.06 bits per heavy atom. The van der Waals surface area contributed by atoms with Crippen LogP contribution in [0.3, 0.4) is 0 Å². The van der Waals surface area contributed by atoms with Gasteiger partial charge in [0.05, 0.1) is 12.6 Å². The van der Waals surface area contributed by atoms with Gasteiger partial charge in [-0.25, -0.2) is 9.97 Å². The van der Waals surface area contributed by atoms with E-state index in [9.17, 15) is 5.11 Å². The smallest absolute Gasteiger partial charge is 0.144 e. The molecule has 0 aromatic carbocycles. The maximum Gasteiger partial charge on any atom is 0.144 e. The third kappa shape index (κ3) is 3.14. The fraction of sp³-hybridized carbons (Fsp3) is 0.636. The maximum absolute atomic E-state index is 9.56. The van der Waals surface area contributed by atoms with E-state index < -0.39 is 0 Å². The van der Waals surface area contributed by atoms with Crippen LogP contribution in [0.25, 0.3) is 0 Å². The summed E-state index contributed by atoms with van der Waals surface area (Å²) in [5.74, 6) is 0.735. The quantitative estimate of drug-likeness (QED) is 0.796. The summed E-state index contributed by atoms with van der Waals surface area (Å²) in [7, 11) is 0. The van der Waals surface area contributed by atoms with E-state index in [0.29, 0.717) is 18.2 Å². The molecule has 1 saturated heterocycles. The fourth-order valence-corrected chi connectivity index (χ4v) is 2.29. The molecule has 0 amide bonds. The minimum Gasteiger partial charge on any atom is -0.392 e. The van der Waals surface area contributed by atoms with Crippen LogP contribution in [0.1, 0.15) is 24.4 Å². The number of piperidine rings is 1. The Morgan fingerprint density at radius 1 is 1.56 bits per heavy atom. The number of likely N-dealkylation sites (tertiary alicyclic amines) is 1. The normalized spacial score (nSPS) is 22.3. The number of β-amino-alcohol motifs (C(OH)–C–C–N with tert-alkyl or cyclic N) is 1. The zero-order valence-electron chi connectivity index (χ0n) is 9.36. The molecule has 0 aliphatic carbocycles. The maximum atomic E-state index is 9.56. The van der Waals surface area contributed by atoms with E-state index in [4.69, 9.17) is 11.6 Å². The van der Waals surface area contributed by atoms with Gasteiger partial charge in [0.1, 0.15) is 11.0 Å². The van der Waals surface area contributed by atoms with E-state index in [2.05, 4.69) is 14.9 Å². The van der Waals surface area contributed by atoms with Crippen LogP contribution in [0.4, 0.5) is 0 Å². The molecular weight excluding hydrogens is 226 g/mol. The second-order valence-electron chi connectivity index (χ2n) is 4.28. The van der Waals surface area contributed by atoms with Crippen molar-refractivity contribution in [1.82, 2.24) is 14.9 Å². The minimum absolute atomic E-state index is 0.214. The number of aryl methyl sites for hydroxylation is 1. The molecule has 1 N–H and O–H groups in total. The van der Waals surface area contributed by atoms with E-state index in [0.717, 1.165) is 30.9 Å². The van der Waals surface area contributed by atoms with Crippen LogP contribution in [0, 0.1) is 6.92 Å². The van der Waals surface area contributed by atoms with Gasteiger partial charge in [0.2, 0.25) is 0 Å². The molecule has 0 unspecified atom stereocenters. The van der Waals surface area contributed by atoms with Crippen molar-refractivity contribution < 1.29 is 5.11 Å². The number of nitrogens with zero attached hydrogens (tertiary/aromatic N) is 3. The average Bonchev–Trinajstić information content (AvgIpc) is 2.15. The highest BCUT2D eigenvalue weighted by molar-refractivity contribution is 6.29. The molecule has 0 spiro atoms. The van der Waals surface area contributed by atoms with Crippen LogP contribution in [0.2, 0.25) is 5.15 Å². The topological polar surface area (TPSA) is 49.2 Å². The van der Waals surface area contributed by atoms with Crippen molar-refractivity contribution >= 4 is 11.6 Å². The van der Waals surface area contributed by atoms with Crippen molar-refractivity contribution in [2.45, 2.75) is 32.4 Å². The molecule has 0 saturated carbocycles. The average molecular weight is 242 g/mol. The number of aliphatic hydroxyl groups is 1. The van der Waals surface area contributed by atoms with Gasteiger partial charge in [-0.05, 0) is 32.4 Å². The van der Waals surface area contributed by atoms with Gasteiger partial charge in [0, 0.05) is 12.2 Å². The number of halogens is 1. The number of aromatic nitrogens is 2. The third-order valence-corrected chi connectivity index (χ3v) is 2.91. The summed E-state index contributed by atoms with van der Waals surface area (Å²) in [6, 6.07) is 1.75. The second kappa shape index (κ2) is 5.08. The van der Waals surface area contributed by atoms with E-state index in [-0.39, 0.29) is 6.10 Å². The SMILES string of the molecule is Cc1cc(Cl)nc(CN2CCC[C@H](O)C2)n1. The van der Waals surface area contributed by atoms with Crippen LogP contribution < -0.4 is 0 Å². The molecule has 4 nitrogen and oxygen atoms in total. The summed E-state index contributed by atoms with van der Waals surface area (Å²) in [5, 5.41) is 10.0. The monoisotopic (exact) mass is 241 g/mol. The predicted octanol–water partition coefficient (Wildman–Crippen LogP) is 1.40. The number of aliphatic hydroxyl groups excluding tert-OH is 1. The lowest BCUT2D eigenvalue weighted by atomic mass is 10.1. The molecule has 1 aliphatic rings. The van der Waals surface area contributed by atoms with Crippen LogP contribution in [-0.2, 0) is 6.54 Å². The van der Waals surface area contributed by atoms with Crippen molar-refractivity contribution in [2.24, 2.45) is 0 Å². The molecule has 0 radical (unpaired) electrons. The van der Waals surface area contributed by atoms with Crippen molar-refractivity contribution in [3.8, 4) is 0 Å². The Morgan fingerprint density at radius 2 is 2.38 bits per heavy atom. The molecule has 0 bridgehead atoms. The van der Waals surface area contributed by atoms with Crippen molar-refractivity contribution in [3.05, 3.63) is 22.7 Å². The molecule has 1 aromatic heterocycles. The first-order valence-electron chi connectivity index (χ1n) is 5.54. The van der Waals surface area contributed by atoms with Gasteiger partial charge < -0.3 is 5.11 Å². The van der Waals surface area contributed by atoms with Gasteiger partial charge in [0.15, 0.2) is 0 Å². The van der Waals surface area contributed by atoms with Crippen molar-refractivity contribution in [3.63, 3.8) is 0 Å². The van der Waals surface area contributed by atoms with E-state index in [1.165, 1.54) is 0 Å².